The predicted molar refractivity (Wildman–Crippen MR) is 114 cm³/mol. The van der Waals surface area contributed by atoms with Crippen LogP contribution in [0.3, 0.4) is 0 Å². The van der Waals surface area contributed by atoms with Gasteiger partial charge in [0.15, 0.2) is 0 Å². The number of rotatable bonds is 2. The average Bonchev–Trinajstić information content (AvgIpc) is 3.07. The molecular formula is C24H10Mn2O10S2-2. The van der Waals surface area contributed by atoms with Crippen LogP contribution in [0, 0.1) is 66.5 Å². The van der Waals surface area contributed by atoms with Crippen molar-refractivity contribution >= 4 is 35.1 Å². The zero-order valence-corrected chi connectivity index (χ0v) is 22.4. The molecule has 2 radical (unpaired) electrons. The van der Waals surface area contributed by atoms with Crippen molar-refractivity contribution in [2.24, 2.45) is 0 Å². The van der Waals surface area contributed by atoms with Crippen molar-refractivity contribution in [3.8, 4) is 0 Å². The molecule has 0 heterocycles. The Morgan fingerprint density at radius 1 is 0.342 bits per heavy atom. The fraction of sp³-hybridized carbons (Fsp3) is 0. The molecule has 10 nitrogen and oxygen atoms in total. The molecule has 0 bridgehead atoms. The molecule has 194 valence electrons. The quantitative estimate of drug-likeness (QED) is 0.161. The molecule has 0 atom stereocenters. The molecule has 2 rings (SSSR count). The minimum atomic E-state index is 0. The number of hydrogen-bond donors (Lipinski definition) is 0. The summed E-state index contributed by atoms with van der Waals surface area (Å²) in [6, 6.07) is 19.7. The summed E-state index contributed by atoms with van der Waals surface area (Å²) < 4.78 is 75.0. The van der Waals surface area contributed by atoms with Gasteiger partial charge in [-0.05, 0) is 11.1 Å². The molecular weight excluding hydrogens is 622 g/mol. The third kappa shape index (κ3) is 54.1. The van der Waals surface area contributed by atoms with E-state index in [-0.39, 0.29) is 34.1 Å². The Balaban J connectivity index is -0.0000000315. The van der Waals surface area contributed by atoms with Crippen molar-refractivity contribution < 1.29 is 80.7 Å². The maximum atomic E-state index is 7.50. The van der Waals surface area contributed by atoms with Gasteiger partial charge in [0.2, 0.25) is 0 Å². The minimum absolute atomic E-state index is 0. The molecule has 0 amide bonds. The van der Waals surface area contributed by atoms with Crippen molar-refractivity contribution in [1.82, 2.24) is 0 Å². The largest absolute Gasteiger partial charge is 0.781 e. The van der Waals surface area contributed by atoms with E-state index < -0.39 is 0 Å². The topological polar surface area (TPSA) is 199 Å². The first-order valence-corrected chi connectivity index (χ1v) is 7.84. The third-order valence-electron chi connectivity index (χ3n) is 2.28. The van der Waals surface area contributed by atoms with Gasteiger partial charge in [-0.2, -0.15) is 9.81 Å². The Morgan fingerprint density at radius 3 is 0.605 bits per heavy atom. The molecule has 14 heteroatoms. The second-order valence-electron chi connectivity index (χ2n) is 3.39. The van der Waals surface area contributed by atoms with E-state index in [9.17, 15) is 0 Å². The number of benzene rings is 2. The summed E-state index contributed by atoms with van der Waals surface area (Å²) in [5, 5.41) is 0. The maximum absolute atomic E-state index is 7.50. The monoisotopic (exact) mass is 632 g/mol. The van der Waals surface area contributed by atoms with Crippen molar-refractivity contribution in [3.63, 3.8) is 0 Å². The van der Waals surface area contributed by atoms with Gasteiger partial charge in [-0.15, -0.1) is 0 Å². The van der Waals surface area contributed by atoms with Crippen LogP contribution in [0.4, 0.5) is 0 Å². The van der Waals surface area contributed by atoms with Crippen LogP contribution in [0.15, 0.2) is 60.7 Å². The van der Waals surface area contributed by atoms with Gasteiger partial charge in [0, 0.05) is 34.1 Å². The summed E-state index contributed by atoms with van der Waals surface area (Å²) in [5.74, 6) is 0. The predicted octanol–water partition coefficient (Wildman–Crippen LogP) is 3.23. The number of hydrogen-bond acceptors (Lipinski definition) is 2. The van der Waals surface area contributed by atoms with E-state index in [4.69, 9.17) is 71.8 Å². The fourth-order valence-electron chi connectivity index (χ4n) is 1.44. The minimum Gasteiger partial charge on any atom is -0.781 e. The normalized spacial score (nSPS) is 5.58. The van der Waals surface area contributed by atoms with Crippen LogP contribution in [-0.4, -0.2) is 0 Å². The van der Waals surface area contributed by atoms with Gasteiger partial charge >= 0.3 is 113 Å². The molecule has 0 aliphatic rings. The van der Waals surface area contributed by atoms with E-state index in [0.717, 1.165) is 20.9 Å². The molecule has 0 N–H and O–H groups in total. The molecule has 38 heavy (non-hydrogen) atoms. The van der Waals surface area contributed by atoms with Crippen molar-refractivity contribution in [3.05, 3.63) is 138 Å². The van der Waals surface area contributed by atoms with Crippen LogP contribution in [0.25, 0.3) is 9.81 Å². The second-order valence-corrected chi connectivity index (χ2v) is 4.21. The summed E-state index contributed by atoms with van der Waals surface area (Å²) in [6.07, 6.45) is 0. The Morgan fingerprint density at radius 2 is 0.474 bits per heavy atom. The van der Waals surface area contributed by atoms with Gasteiger partial charge in [-0.25, -0.2) is 0 Å². The van der Waals surface area contributed by atoms with E-state index in [1.54, 1.807) is 0 Å². The summed E-state index contributed by atoms with van der Waals surface area (Å²) in [4.78, 5) is 1.48. The Hall–Kier alpha value is -2.94. The first-order chi connectivity index (χ1) is 17.8. The Kier molecular flexibility index (Phi) is 189. The molecule has 0 aromatic heterocycles. The van der Waals surface area contributed by atoms with Gasteiger partial charge in [0.1, 0.15) is 0 Å². The van der Waals surface area contributed by atoms with Crippen LogP contribution in [-0.2, 0) is 106 Å². The summed E-state index contributed by atoms with van der Waals surface area (Å²) in [7, 11) is 0. The Bertz CT molecular complexity index is 780. The summed E-state index contributed by atoms with van der Waals surface area (Å²) >= 11 is 10.8. The van der Waals surface area contributed by atoms with Gasteiger partial charge in [0.05, 0.1) is 0 Å². The molecule has 0 fully saturated rings. The van der Waals surface area contributed by atoms with E-state index in [2.05, 4.69) is 66.5 Å². The molecule has 0 saturated carbocycles. The van der Waals surface area contributed by atoms with Gasteiger partial charge < -0.3 is 25.3 Å². The molecule has 2 aromatic carbocycles. The van der Waals surface area contributed by atoms with Crippen LogP contribution < -0.4 is 0 Å². The van der Waals surface area contributed by atoms with Crippen molar-refractivity contribution in [1.29, 1.82) is 0 Å². The third-order valence-corrected chi connectivity index (χ3v) is 3.29. The molecule has 2 aromatic rings. The van der Waals surface area contributed by atoms with E-state index in [1.807, 2.05) is 60.7 Å². The van der Waals surface area contributed by atoms with Crippen LogP contribution >= 0.6 is 0 Å². The van der Waals surface area contributed by atoms with E-state index >= 15 is 0 Å². The van der Waals surface area contributed by atoms with Gasteiger partial charge in [0.25, 0.3) is 0 Å². The smallest absolute Gasteiger partial charge is 0 e. The van der Waals surface area contributed by atoms with Crippen LogP contribution in [0.2, 0.25) is 0 Å². The fourth-order valence-corrected chi connectivity index (χ4v) is 1.95. The van der Waals surface area contributed by atoms with Gasteiger partial charge in [-0.1, -0.05) is 60.7 Å². The molecule has 0 aliphatic heterocycles. The summed E-state index contributed by atoms with van der Waals surface area (Å²) in [6.45, 7) is 45.0. The second kappa shape index (κ2) is 102. The average molecular weight is 632 g/mol. The molecule has 0 unspecified atom stereocenters. The molecule has 0 spiro atoms. The van der Waals surface area contributed by atoms with E-state index in [0.29, 0.717) is 0 Å². The van der Waals surface area contributed by atoms with Crippen LogP contribution in [0.1, 0.15) is 11.1 Å². The molecule has 0 aliphatic carbocycles. The van der Waals surface area contributed by atoms with E-state index in [1.165, 1.54) is 0 Å². The maximum Gasteiger partial charge on any atom is 0 e. The van der Waals surface area contributed by atoms with Crippen LogP contribution in [0.5, 0.6) is 0 Å². The first-order valence-electron chi connectivity index (χ1n) is 7.02. The van der Waals surface area contributed by atoms with Crippen molar-refractivity contribution in [2.75, 3.05) is 0 Å². The van der Waals surface area contributed by atoms with Crippen molar-refractivity contribution in [2.45, 2.75) is 0 Å². The SMILES string of the molecule is [C-]#[O+].[C-]#[O+].[C-]#[O+].[C-]#[O+].[C-]#[O+].[C-]#[O+].[C-]#[O+].[C-]#[O+].[C-]#[O+].[C-]#[O+].[Mn].[Mn].[S-]/C(=C(/[S-])c1ccccc1)c1ccccc1. The zero-order valence-electron chi connectivity index (χ0n) is 18.4. The Labute approximate surface area is 253 Å². The zero-order chi connectivity index (χ0) is 31.4. The summed E-state index contributed by atoms with van der Waals surface area (Å²) in [5.41, 5.74) is 2.01. The standard InChI is InChI=1S/C14H12S2.10CO.2Mn/c15-13(11-7-3-1-4-8-11)14(16)12-9-5-2-6-10-12;10*1-2;;/h1-10,15-16H;;;;;;;;;;;;/p-2/b14-13+;;;;;;;;;;;;. The molecule has 0 saturated heterocycles. The van der Waals surface area contributed by atoms with Gasteiger partial charge in [-0.3, -0.25) is 0 Å². The first kappa shape index (κ1) is 70.3.